The van der Waals surface area contributed by atoms with Crippen molar-refractivity contribution in [3.63, 3.8) is 0 Å². The molecule has 0 fully saturated rings. The lowest BCUT2D eigenvalue weighted by Crippen LogP contribution is -2.07. The standard InChI is InChI=1S/C15H17NOS/c1-4-12-5-6-13(18-12)8-14(17)15-11(3)7-10(2)9-16-15/h5-7,9H,4,8H2,1-3H3. The van der Waals surface area contributed by atoms with Gasteiger partial charge in [0.25, 0.3) is 0 Å². The summed E-state index contributed by atoms with van der Waals surface area (Å²) in [6, 6.07) is 6.15. The van der Waals surface area contributed by atoms with Crippen molar-refractivity contribution in [2.24, 2.45) is 0 Å². The second kappa shape index (κ2) is 5.44. The highest BCUT2D eigenvalue weighted by molar-refractivity contribution is 7.12. The lowest BCUT2D eigenvalue weighted by molar-refractivity contribution is 0.0988. The summed E-state index contributed by atoms with van der Waals surface area (Å²) in [4.78, 5) is 18.9. The molecule has 0 atom stereocenters. The minimum Gasteiger partial charge on any atom is -0.292 e. The van der Waals surface area contributed by atoms with Gasteiger partial charge in [0.15, 0.2) is 5.78 Å². The van der Waals surface area contributed by atoms with Gasteiger partial charge in [0, 0.05) is 22.4 Å². The fourth-order valence-corrected chi connectivity index (χ4v) is 2.91. The van der Waals surface area contributed by atoms with E-state index in [1.807, 2.05) is 26.0 Å². The number of aryl methyl sites for hydroxylation is 3. The Kier molecular flexibility index (Phi) is 3.92. The first-order valence-corrected chi connectivity index (χ1v) is 6.96. The molecule has 2 heterocycles. The third-order valence-corrected chi connectivity index (χ3v) is 4.11. The zero-order valence-corrected chi connectivity index (χ0v) is 11.8. The highest BCUT2D eigenvalue weighted by Gasteiger charge is 2.12. The quantitative estimate of drug-likeness (QED) is 0.783. The molecule has 18 heavy (non-hydrogen) atoms. The van der Waals surface area contributed by atoms with Gasteiger partial charge in [0.05, 0.1) is 0 Å². The van der Waals surface area contributed by atoms with E-state index >= 15 is 0 Å². The van der Waals surface area contributed by atoms with Crippen LogP contribution in [0.3, 0.4) is 0 Å². The molecule has 2 rings (SSSR count). The molecule has 2 aromatic heterocycles. The number of hydrogen-bond donors (Lipinski definition) is 0. The summed E-state index contributed by atoms with van der Waals surface area (Å²) in [5, 5.41) is 0. The molecule has 0 unspecified atom stereocenters. The van der Waals surface area contributed by atoms with Crippen LogP contribution in [0.5, 0.6) is 0 Å². The molecule has 0 amide bonds. The number of rotatable bonds is 4. The van der Waals surface area contributed by atoms with Crippen LogP contribution in [0.2, 0.25) is 0 Å². The molecule has 0 radical (unpaired) electrons. The van der Waals surface area contributed by atoms with E-state index < -0.39 is 0 Å². The lowest BCUT2D eigenvalue weighted by Gasteiger charge is -2.03. The van der Waals surface area contributed by atoms with Gasteiger partial charge in [-0.15, -0.1) is 11.3 Å². The Bertz CT molecular complexity index is 572. The molecular formula is C15H17NOS. The van der Waals surface area contributed by atoms with Gasteiger partial charge >= 0.3 is 0 Å². The predicted molar refractivity (Wildman–Crippen MR) is 75.4 cm³/mol. The SMILES string of the molecule is CCc1ccc(CC(=O)c2ncc(C)cc2C)s1. The van der Waals surface area contributed by atoms with E-state index in [1.165, 1.54) is 4.88 Å². The number of carbonyl (C=O) groups excluding carboxylic acids is 1. The fraction of sp³-hybridized carbons (Fsp3) is 0.333. The van der Waals surface area contributed by atoms with Crippen LogP contribution >= 0.6 is 11.3 Å². The molecule has 0 N–H and O–H groups in total. The largest absolute Gasteiger partial charge is 0.292 e. The van der Waals surface area contributed by atoms with Gasteiger partial charge in [-0.2, -0.15) is 0 Å². The number of carbonyl (C=O) groups is 1. The number of aromatic nitrogens is 1. The van der Waals surface area contributed by atoms with Crippen LogP contribution in [0.1, 0.15) is 38.3 Å². The van der Waals surface area contributed by atoms with Gasteiger partial charge in [0.2, 0.25) is 0 Å². The van der Waals surface area contributed by atoms with E-state index in [4.69, 9.17) is 0 Å². The zero-order chi connectivity index (χ0) is 13.1. The average Bonchev–Trinajstić information content (AvgIpc) is 2.76. The van der Waals surface area contributed by atoms with E-state index in [9.17, 15) is 4.79 Å². The minimum atomic E-state index is 0.108. The van der Waals surface area contributed by atoms with E-state index in [2.05, 4.69) is 18.0 Å². The van der Waals surface area contributed by atoms with Crippen molar-refractivity contribution in [3.05, 3.63) is 51.0 Å². The van der Waals surface area contributed by atoms with Crippen molar-refractivity contribution in [2.45, 2.75) is 33.6 Å². The van der Waals surface area contributed by atoms with Crippen molar-refractivity contribution in [1.29, 1.82) is 0 Å². The summed E-state index contributed by atoms with van der Waals surface area (Å²) in [6.45, 7) is 6.06. The number of hydrogen-bond acceptors (Lipinski definition) is 3. The highest BCUT2D eigenvalue weighted by Crippen LogP contribution is 2.19. The van der Waals surface area contributed by atoms with Gasteiger partial charge in [-0.25, -0.2) is 0 Å². The van der Waals surface area contributed by atoms with Crippen LogP contribution in [0.15, 0.2) is 24.4 Å². The zero-order valence-electron chi connectivity index (χ0n) is 11.0. The first-order valence-electron chi connectivity index (χ1n) is 6.14. The maximum atomic E-state index is 12.2. The molecule has 0 spiro atoms. The Hall–Kier alpha value is -1.48. The van der Waals surface area contributed by atoms with Crippen molar-refractivity contribution < 1.29 is 4.79 Å². The monoisotopic (exact) mass is 259 g/mol. The van der Waals surface area contributed by atoms with Crippen molar-refractivity contribution in [2.75, 3.05) is 0 Å². The number of ketones is 1. The molecule has 0 aliphatic rings. The van der Waals surface area contributed by atoms with Crippen LogP contribution in [-0.2, 0) is 12.8 Å². The topological polar surface area (TPSA) is 30.0 Å². The summed E-state index contributed by atoms with van der Waals surface area (Å²) < 4.78 is 0. The smallest absolute Gasteiger partial charge is 0.186 e. The second-order valence-corrected chi connectivity index (χ2v) is 5.75. The molecule has 0 aliphatic heterocycles. The Morgan fingerprint density at radius 3 is 2.61 bits per heavy atom. The lowest BCUT2D eigenvalue weighted by atomic mass is 10.1. The Morgan fingerprint density at radius 1 is 1.28 bits per heavy atom. The Morgan fingerprint density at radius 2 is 2.00 bits per heavy atom. The fourth-order valence-electron chi connectivity index (χ4n) is 1.96. The van der Waals surface area contributed by atoms with Crippen molar-refractivity contribution >= 4 is 17.1 Å². The van der Waals surface area contributed by atoms with Gasteiger partial charge in [-0.1, -0.05) is 13.0 Å². The van der Waals surface area contributed by atoms with E-state index in [0.29, 0.717) is 12.1 Å². The first kappa shape index (κ1) is 13.0. The maximum Gasteiger partial charge on any atom is 0.186 e. The molecule has 2 nitrogen and oxygen atoms in total. The molecule has 0 aliphatic carbocycles. The summed E-state index contributed by atoms with van der Waals surface area (Å²) in [7, 11) is 0. The first-order chi connectivity index (χ1) is 8.60. The van der Waals surface area contributed by atoms with Crippen LogP contribution in [-0.4, -0.2) is 10.8 Å². The van der Waals surface area contributed by atoms with Gasteiger partial charge in [-0.3, -0.25) is 9.78 Å². The maximum absolute atomic E-state index is 12.2. The van der Waals surface area contributed by atoms with E-state index in [-0.39, 0.29) is 5.78 Å². The van der Waals surface area contributed by atoms with Crippen LogP contribution in [0.25, 0.3) is 0 Å². The molecule has 3 heteroatoms. The molecular weight excluding hydrogens is 242 g/mol. The molecule has 0 aromatic carbocycles. The average molecular weight is 259 g/mol. The number of pyridine rings is 1. The third-order valence-electron chi connectivity index (χ3n) is 2.88. The third kappa shape index (κ3) is 2.85. The second-order valence-electron chi connectivity index (χ2n) is 4.50. The molecule has 2 aromatic rings. The van der Waals surface area contributed by atoms with Crippen LogP contribution in [0.4, 0.5) is 0 Å². The summed E-state index contributed by atoms with van der Waals surface area (Å²) >= 11 is 1.72. The van der Waals surface area contributed by atoms with Crippen molar-refractivity contribution in [1.82, 2.24) is 4.98 Å². The van der Waals surface area contributed by atoms with Crippen molar-refractivity contribution in [3.8, 4) is 0 Å². The van der Waals surface area contributed by atoms with E-state index in [0.717, 1.165) is 22.4 Å². The summed E-state index contributed by atoms with van der Waals surface area (Å²) in [5.74, 6) is 0.108. The van der Waals surface area contributed by atoms with Gasteiger partial charge in [0.1, 0.15) is 5.69 Å². The molecule has 94 valence electrons. The Balaban J connectivity index is 2.16. The predicted octanol–water partition coefficient (Wildman–Crippen LogP) is 3.75. The molecule has 0 bridgehead atoms. The number of Topliss-reactive ketones (excluding diaryl/α,β-unsaturated/α-hetero) is 1. The van der Waals surface area contributed by atoms with Crippen LogP contribution in [0, 0.1) is 13.8 Å². The molecule has 0 saturated heterocycles. The number of thiophene rings is 1. The summed E-state index contributed by atoms with van der Waals surface area (Å²) in [5.41, 5.74) is 2.66. The minimum absolute atomic E-state index is 0.108. The summed E-state index contributed by atoms with van der Waals surface area (Å²) in [6.07, 6.45) is 3.24. The van der Waals surface area contributed by atoms with E-state index in [1.54, 1.807) is 17.5 Å². The Labute approximate surface area is 112 Å². The van der Waals surface area contributed by atoms with Gasteiger partial charge < -0.3 is 0 Å². The highest BCUT2D eigenvalue weighted by atomic mass is 32.1. The van der Waals surface area contributed by atoms with Gasteiger partial charge in [-0.05, 0) is 43.5 Å². The van der Waals surface area contributed by atoms with Crippen LogP contribution < -0.4 is 0 Å². The number of nitrogens with zero attached hydrogens (tertiary/aromatic N) is 1. The molecule has 0 saturated carbocycles. The normalized spacial score (nSPS) is 10.6.